The molecule has 1 aliphatic heterocycles. The zero-order valence-electron chi connectivity index (χ0n) is 17.5. The summed E-state index contributed by atoms with van der Waals surface area (Å²) in [6, 6.07) is 6.81. The van der Waals surface area contributed by atoms with Gasteiger partial charge in [-0.3, -0.25) is 14.4 Å². The van der Waals surface area contributed by atoms with Gasteiger partial charge in [-0.15, -0.1) is 0 Å². The molecule has 1 aliphatic rings. The molecule has 2 aromatic heterocycles. The number of carbonyl (C=O) groups excluding carboxylic acids is 3. The van der Waals surface area contributed by atoms with Gasteiger partial charge in [0, 0.05) is 42.0 Å². The summed E-state index contributed by atoms with van der Waals surface area (Å²) in [7, 11) is 0. The lowest BCUT2D eigenvalue weighted by Crippen LogP contribution is -2.23. The van der Waals surface area contributed by atoms with Gasteiger partial charge in [-0.25, -0.2) is 9.50 Å². The van der Waals surface area contributed by atoms with E-state index >= 15 is 0 Å². The molecule has 0 N–H and O–H groups in total. The molecule has 4 rings (SSSR count). The van der Waals surface area contributed by atoms with E-state index in [0.29, 0.717) is 30.7 Å². The molecule has 3 heterocycles. The molecule has 0 radical (unpaired) electrons. The molecule has 9 nitrogen and oxygen atoms in total. The molecule has 1 saturated heterocycles. The first kappa shape index (κ1) is 20.6. The average Bonchev–Trinajstić information content (AvgIpc) is 3.40. The van der Waals surface area contributed by atoms with E-state index in [1.165, 1.54) is 6.33 Å². The van der Waals surface area contributed by atoms with Gasteiger partial charge in [-0.1, -0.05) is 0 Å². The van der Waals surface area contributed by atoms with Crippen LogP contribution < -0.4 is 4.90 Å². The molecule has 1 amide bonds. The Labute approximate surface area is 179 Å². The summed E-state index contributed by atoms with van der Waals surface area (Å²) in [5, 5.41) is 4.14. The first-order chi connectivity index (χ1) is 14.9. The van der Waals surface area contributed by atoms with Crippen molar-refractivity contribution in [2.24, 2.45) is 0 Å². The monoisotopic (exact) mass is 421 g/mol. The van der Waals surface area contributed by atoms with E-state index in [2.05, 4.69) is 15.1 Å². The maximum atomic E-state index is 12.4. The standard InChI is InChI=1S/C22H23N5O4/c1-14-18(15(2)27-22(25-14)23-13-24-27)9-10-21(30)31-12-19(28)16-5-7-17(8-6-16)26-11-3-4-20(26)29/h5-8,13H,3-4,9-12H2,1-2H3. The van der Waals surface area contributed by atoms with E-state index in [1.54, 1.807) is 33.7 Å². The van der Waals surface area contributed by atoms with Crippen LogP contribution in [0.1, 0.15) is 46.6 Å². The molecular formula is C22H23N5O4. The number of hydrogen-bond acceptors (Lipinski definition) is 7. The highest BCUT2D eigenvalue weighted by atomic mass is 16.5. The van der Waals surface area contributed by atoms with E-state index in [-0.39, 0.29) is 24.7 Å². The van der Waals surface area contributed by atoms with Crippen molar-refractivity contribution in [2.45, 2.75) is 39.5 Å². The van der Waals surface area contributed by atoms with Crippen LogP contribution >= 0.6 is 0 Å². The van der Waals surface area contributed by atoms with Crippen molar-refractivity contribution in [3.05, 3.63) is 53.1 Å². The molecule has 1 aromatic carbocycles. The highest BCUT2D eigenvalue weighted by Gasteiger charge is 2.22. The van der Waals surface area contributed by atoms with Crippen LogP contribution in [0, 0.1) is 13.8 Å². The van der Waals surface area contributed by atoms with Gasteiger partial charge >= 0.3 is 5.97 Å². The molecule has 160 valence electrons. The summed E-state index contributed by atoms with van der Waals surface area (Å²) in [6.07, 6.45) is 3.41. The number of rotatable bonds is 7. The highest BCUT2D eigenvalue weighted by molar-refractivity contribution is 5.99. The van der Waals surface area contributed by atoms with Gasteiger partial charge < -0.3 is 9.64 Å². The maximum Gasteiger partial charge on any atom is 0.306 e. The summed E-state index contributed by atoms with van der Waals surface area (Å²) >= 11 is 0. The number of esters is 1. The number of aromatic nitrogens is 4. The van der Waals surface area contributed by atoms with Crippen LogP contribution in [0.25, 0.3) is 5.78 Å². The number of hydrogen-bond donors (Lipinski definition) is 0. The van der Waals surface area contributed by atoms with Crippen LogP contribution in [0.3, 0.4) is 0 Å². The average molecular weight is 421 g/mol. The summed E-state index contributed by atoms with van der Waals surface area (Å²) in [5.41, 5.74) is 3.79. The maximum absolute atomic E-state index is 12.4. The summed E-state index contributed by atoms with van der Waals surface area (Å²) in [4.78, 5) is 46.5. The van der Waals surface area contributed by atoms with E-state index in [1.807, 2.05) is 13.8 Å². The zero-order valence-corrected chi connectivity index (χ0v) is 17.5. The van der Waals surface area contributed by atoms with Crippen LogP contribution in [0.15, 0.2) is 30.6 Å². The minimum absolute atomic E-state index is 0.0941. The second kappa shape index (κ2) is 8.63. The normalized spacial score (nSPS) is 13.7. The van der Waals surface area contributed by atoms with Crippen LogP contribution in [-0.2, 0) is 20.7 Å². The highest BCUT2D eigenvalue weighted by Crippen LogP contribution is 2.22. The van der Waals surface area contributed by atoms with Crippen molar-refractivity contribution in [2.75, 3.05) is 18.1 Å². The number of amides is 1. The zero-order chi connectivity index (χ0) is 22.0. The molecule has 31 heavy (non-hydrogen) atoms. The second-order valence-electron chi connectivity index (χ2n) is 7.51. The predicted octanol–water partition coefficient (Wildman–Crippen LogP) is 2.23. The molecule has 1 fully saturated rings. The van der Waals surface area contributed by atoms with Crippen LogP contribution in [-0.4, -0.2) is 50.4 Å². The Balaban J connectivity index is 1.31. The number of carbonyl (C=O) groups is 3. The molecule has 0 spiro atoms. The van der Waals surface area contributed by atoms with Gasteiger partial charge in [-0.2, -0.15) is 10.1 Å². The Morgan fingerprint density at radius 1 is 1.16 bits per heavy atom. The largest absolute Gasteiger partial charge is 0.457 e. The third kappa shape index (κ3) is 4.30. The van der Waals surface area contributed by atoms with Crippen molar-refractivity contribution in [1.82, 2.24) is 19.6 Å². The molecule has 3 aromatic rings. The van der Waals surface area contributed by atoms with E-state index < -0.39 is 5.97 Å². The fourth-order valence-electron chi connectivity index (χ4n) is 3.79. The topological polar surface area (TPSA) is 107 Å². The van der Waals surface area contributed by atoms with Crippen LogP contribution in [0.2, 0.25) is 0 Å². The van der Waals surface area contributed by atoms with Crippen molar-refractivity contribution in [1.29, 1.82) is 0 Å². The van der Waals surface area contributed by atoms with E-state index in [4.69, 9.17) is 4.74 Å². The van der Waals surface area contributed by atoms with Crippen molar-refractivity contribution >= 4 is 29.1 Å². The number of nitrogens with zero attached hydrogens (tertiary/aromatic N) is 5. The summed E-state index contributed by atoms with van der Waals surface area (Å²) < 4.78 is 6.81. The van der Waals surface area contributed by atoms with Gasteiger partial charge in [-0.05, 0) is 56.5 Å². The molecule has 0 atom stereocenters. The van der Waals surface area contributed by atoms with Crippen LogP contribution in [0.4, 0.5) is 5.69 Å². The second-order valence-corrected chi connectivity index (χ2v) is 7.51. The fourth-order valence-corrected chi connectivity index (χ4v) is 3.79. The predicted molar refractivity (Wildman–Crippen MR) is 112 cm³/mol. The Hall–Kier alpha value is -3.62. The van der Waals surface area contributed by atoms with Gasteiger partial charge in [0.2, 0.25) is 5.91 Å². The fraction of sp³-hybridized carbons (Fsp3) is 0.364. The first-order valence-electron chi connectivity index (χ1n) is 10.2. The molecule has 0 unspecified atom stereocenters. The Morgan fingerprint density at radius 3 is 2.65 bits per heavy atom. The number of aryl methyl sites for hydroxylation is 2. The smallest absolute Gasteiger partial charge is 0.306 e. The lowest BCUT2D eigenvalue weighted by atomic mass is 10.1. The van der Waals surface area contributed by atoms with Crippen molar-refractivity contribution in [3.8, 4) is 0 Å². The number of Topliss-reactive ketones (excluding diaryl/α,β-unsaturated/α-hetero) is 1. The molecule has 9 heteroatoms. The van der Waals surface area contributed by atoms with Gasteiger partial charge in [0.25, 0.3) is 5.78 Å². The Bertz CT molecular complexity index is 1150. The number of ether oxygens (including phenoxy) is 1. The minimum atomic E-state index is -0.454. The first-order valence-corrected chi connectivity index (χ1v) is 10.2. The third-order valence-corrected chi connectivity index (χ3v) is 5.51. The molecular weight excluding hydrogens is 398 g/mol. The van der Waals surface area contributed by atoms with Crippen LogP contribution in [0.5, 0.6) is 0 Å². The lowest BCUT2D eigenvalue weighted by Gasteiger charge is -2.15. The molecule has 0 bridgehead atoms. The summed E-state index contributed by atoms with van der Waals surface area (Å²) in [5.74, 6) is -0.125. The van der Waals surface area contributed by atoms with Gasteiger partial charge in [0.15, 0.2) is 12.4 Å². The van der Waals surface area contributed by atoms with Crippen molar-refractivity contribution in [3.63, 3.8) is 0 Å². The number of benzene rings is 1. The van der Waals surface area contributed by atoms with E-state index in [0.717, 1.165) is 29.1 Å². The third-order valence-electron chi connectivity index (χ3n) is 5.51. The van der Waals surface area contributed by atoms with Gasteiger partial charge in [0.1, 0.15) is 6.33 Å². The quantitative estimate of drug-likeness (QED) is 0.425. The van der Waals surface area contributed by atoms with E-state index in [9.17, 15) is 14.4 Å². The SMILES string of the molecule is Cc1nc2ncnn2c(C)c1CCC(=O)OCC(=O)c1ccc(N2CCCC2=O)cc1. The Morgan fingerprint density at radius 2 is 1.94 bits per heavy atom. The van der Waals surface area contributed by atoms with Crippen molar-refractivity contribution < 1.29 is 19.1 Å². The molecule has 0 aliphatic carbocycles. The number of ketones is 1. The minimum Gasteiger partial charge on any atom is -0.457 e. The number of anilines is 1. The Kier molecular flexibility index (Phi) is 5.75. The summed E-state index contributed by atoms with van der Waals surface area (Å²) in [6.45, 7) is 4.15. The lowest BCUT2D eigenvalue weighted by molar-refractivity contribution is -0.142. The number of fused-ring (bicyclic) bond motifs is 1. The van der Waals surface area contributed by atoms with Gasteiger partial charge in [0.05, 0.1) is 0 Å². The molecule has 0 saturated carbocycles.